The fourth-order valence-electron chi connectivity index (χ4n) is 2.20. The Bertz CT molecular complexity index is 871. The van der Waals surface area contributed by atoms with E-state index in [9.17, 15) is 19.2 Å². The van der Waals surface area contributed by atoms with Crippen LogP contribution in [0, 0.1) is 6.92 Å². The maximum atomic E-state index is 12.3. The summed E-state index contributed by atoms with van der Waals surface area (Å²) < 4.78 is 14.9. The number of thiophene rings is 2. The second-order valence-electron chi connectivity index (χ2n) is 5.34. The van der Waals surface area contributed by atoms with Gasteiger partial charge in [-0.1, -0.05) is 0 Å². The summed E-state index contributed by atoms with van der Waals surface area (Å²) in [6.45, 7) is 4.65. The van der Waals surface area contributed by atoms with Gasteiger partial charge in [-0.05, 0) is 37.8 Å². The van der Waals surface area contributed by atoms with Crippen molar-refractivity contribution in [2.75, 3.05) is 25.1 Å². The van der Waals surface area contributed by atoms with Gasteiger partial charge in [-0.2, -0.15) is 11.3 Å². The molecule has 0 radical (unpaired) electrons. The smallest absolute Gasteiger partial charge is 0.348 e. The Kier molecular flexibility index (Phi) is 7.70. The van der Waals surface area contributed by atoms with Crippen LogP contribution in [0.5, 0.6) is 0 Å². The number of hydrogen-bond acceptors (Lipinski definition) is 9. The zero-order valence-corrected chi connectivity index (χ0v) is 17.2. The molecule has 2 aromatic heterocycles. The number of esters is 3. The van der Waals surface area contributed by atoms with E-state index in [2.05, 4.69) is 5.32 Å². The highest BCUT2D eigenvalue weighted by Gasteiger charge is 2.27. The lowest BCUT2D eigenvalue weighted by atomic mass is 10.1. The number of rotatable bonds is 8. The molecular weight excluding hydrogens is 406 g/mol. The van der Waals surface area contributed by atoms with Crippen molar-refractivity contribution in [3.05, 3.63) is 38.4 Å². The highest BCUT2D eigenvalue weighted by atomic mass is 32.1. The van der Waals surface area contributed by atoms with E-state index >= 15 is 0 Å². The Morgan fingerprint density at radius 2 is 1.68 bits per heavy atom. The Hall–Kier alpha value is -2.72. The summed E-state index contributed by atoms with van der Waals surface area (Å²) in [7, 11) is 0. The number of ether oxygens (including phenoxy) is 3. The minimum atomic E-state index is -0.669. The van der Waals surface area contributed by atoms with E-state index in [1.54, 1.807) is 37.6 Å². The maximum absolute atomic E-state index is 12.3. The van der Waals surface area contributed by atoms with Crippen molar-refractivity contribution in [2.45, 2.75) is 20.8 Å². The van der Waals surface area contributed by atoms with Crippen LogP contribution in [0.3, 0.4) is 0 Å². The van der Waals surface area contributed by atoms with Crippen molar-refractivity contribution in [1.82, 2.24) is 0 Å². The van der Waals surface area contributed by atoms with Crippen LogP contribution < -0.4 is 5.32 Å². The molecule has 8 nitrogen and oxygen atoms in total. The molecule has 0 spiro atoms. The van der Waals surface area contributed by atoms with Crippen molar-refractivity contribution < 1.29 is 33.4 Å². The lowest BCUT2D eigenvalue weighted by Crippen LogP contribution is -2.21. The zero-order valence-electron chi connectivity index (χ0n) is 15.5. The van der Waals surface area contributed by atoms with E-state index in [1.807, 2.05) is 0 Å². The van der Waals surface area contributed by atoms with Crippen LogP contribution in [-0.2, 0) is 19.0 Å². The Morgan fingerprint density at radius 3 is 2.29 bits per heavy atom. The van der Waals surface area contributed by atoms with Gasteiger partial charge < -0.3 is 19.5 Å². The molecule has 0 fully saturated rings. The normalized spacial score (nSPS) is 10.2. The molecule has 0 aliphatic rings. The quantitative estimate of drug-likeness (QED) is 0.511. The average Bonchev–Trinajstić information content (AvgIpc) is 3.28. The molecule has 2 rings (SSSR count). The molecule has 28 heavy (non-hydrogen) atoms. The molecule has 1 amide bonds. The van der Waals surface area contributed by atoms with E-state index in [0.717, 1.165) is 11.3 Å². The Morgan fingerprint density at radius 1 is 1.00 bits per heavy atom. The van der Waals surface area contributed by atoms with Crippen LogP contribution in [0.25, 0.3) is 0 Å². The second kappa shape index (κ2) is 10.00. The monoisotopic (exact) mass is 425 g/mol. The van der Waals surface area contributed by atoms with Gasteiger partial charge in [-0.25, -0.2) is 14.4 Å². The molecule has 0 aliphatic carbocycles. The van der Waals surface area contributed by atoms with Crippen LogP contribution >= 0.6 is 22.7 Å². The first-order valence-electron chi connectivity index (χ1n) is 8.35. The molecule has 1 N–H and O–H groups in total. The number of nitrogens with one attached hydrogen (secondary N) is 1. The highest BCUT2D eigenvalue weighted by molar-refractivity contribution is 7.18. The topological polar surface area (TPSA) is 108 Å². The first-order chi connectivity index (χ1) is 13.4. The maximum Gasteiger partial charge on any atom is 0.348 e. The summed E-state index contributed by atoms with van der Waals surface area (Å²) in [5.74, 6) is -2.54. The highest BCUT2D eigenvalue weighted by Crippen LogP contribution is 2.34. The summed E-state index contributed by atoms with van der Waals surface area (Å²) in [4.78, 5) is 48.6. The number of amides is 1. The van der Waals surface area contributed by atoms with E-state index in [1.165, 1.54) is 11.3 Å². The average molecular weight is 425 g/mol. The predicted molar refractivity (Wildman–Crippen MR) is 104 cm³/mol. The fourth-order valence-corrected chi connectivity index (χ4v) is 3.93. The molecular formula is C18H19NO7S2. The lowest BCUT2D eigenvalue weighted by molar-refractivity contribution is -0.119. The predicted octanol–water partition coefficient (Wildman–Crippen LogP) is 3.27. The van der Waals surface area contributed by atoms with Crippen molar-refractivity contribution in [3.8, 4) is 0 Å². The molecule has 0 aromatic carbocycles. The van der Waals surface area contributed by atoms with Gasteiger partial charge in [0.15, 0.2) is 6.61 Å². The van der Waals surface area contributed by atoms with Gasteiger partial charge in [-0.15, -0.1) is 11.3 Å². The molecule has 0 bridgehead atoms. The summed E-state index contributed by atoms with van der Waals surface area (Å²) in [5, 5.41) is 5.96. The third-order valence-electron chi connectivity index (χ3n) is 3.43. The lowest BCUT2D eigenvalue weighted by Gasteiger charge is -2.07. The van der Waals surface area contributed by atoms with Crippen molar-refractivity contribution in [3.63, 3.8) is 0 Å². The molecule has 0 aliphatic heterocycles. The molecule has 150 valence electrons. The van der Waals surface area contributed by atoms with Crippen molar-refractivity contribution >= 4 is 51.5 Å². The SMILES string of the molecule is CCOC(=O)c1sc(NC(=O)COC(=O)c2ccsc2)c(C(=O)OCC)c1C. The minimum absolute atomic E-state index is 0.0763. The largest absolute Gasteiger partial charge is 0.462 e. The van der Waals surface area contributed by atoms with Crippen LogP contribution in [0.2, 0.25) is 0 Å². The zero-order chi connectivity index (χ0) is 20.7. The van der Waals surface area contributed by atoms with E-state index in [0.29, 0.717) is 11.1 Å². The molecule has 0 atom stereocenters. The summed E-state index contributed by atoms with van der Waals surface area (Å²) in [6, 6.07) is 1.58. The van der Waals surface area contributed by atoms with Crippen LogP contribution in [-0.4, -0.2) is 43.6 Å². The number of carbonyl (C=O) groups is 4. The van der Waals surface area contributed by atoms with Gasteiger partial charge in [0, 0.05) is 5.38 Å². The van der Waals surface area contributed by atoms with E-state index in [-0.39, 0.29) is 28.7 Å². The first-order valence-corrected chi connectivity index (χ1v) is 10.1. The Labute approximate surface area is 169 Å². The summed E-state index contributed by atoms with van der Waals surface area (Å²) >= 11 is 2.23. The van der Waals surface area contributed by atoms with Crippen molar-refractivity contribution in [2.24, 2.45) is 0 Å². The van der Waals surface area contributed by atoms with Crippen LogP contribution in [0.4, 0.5) is 5.00 Å². The fraction of sp³-hybridized carbons (Fsp3) is 0.333. The number of carbonyl (C=O) groups excluding carboxylic acids is 4. The Balaban J connectivity index is 2.16. The number of anilines is 1. The number of hydrogen-bond donors (Lipinski definition) is 1. The van der Waals surface area contributed by atoms with Crippen LogP contribution in [0.15, 0.2) is 16.8 Å². The molecule has 2 heterocycles. The van der Waals surface area contributed by atoms with E-state index < -0.39 is 30.4 Å². The molecule has 0 unspecified atom stereocenters. The van der Waals surface area contributed by atoms with Crippen LogP contribution in [0.1, 0.15) is 49.8 Å². The minimum Gasteiger partial charge on any atom is -0.462 e. The third-order valence-corrected chi connectivity index (χ3v) is 5.30. The summed E-state index contributed by atoms with van der Waals surface area (Å²) in [6.07, 6.45) is 0. The molecule has 0 saturated heterocycles. The van der Waals surface area contributed by atoms with Gasteiger partial charge in [0.2, 0.25) is 0 Å². The van der Waals surface area contributed by atoms with Crippen molar-refractivity contribution in [1.29, 1.82) is 0 Å². The van der Waals surface area contributed by atoms with Gasteiger partial charge in [-0.3, -0.25) is 4.79 Å². The molecule has 10 heteroatoms. The standard InChI is InChI=1S/C18H19NO7S2/c1-4-24-17(22)13-10(3)14(18(23)25-5-2)28-15(13)19-12(20)8-26-16(21)11-6-7-27-9-11/h6-7,9H,4-5,8H2,1-3H3,(H,19,20). The first kappa shape index (κ1) is 21.6. The van der Waals surface area contributed by atoms with Gasteiger partial charge in [0.25, 0.3) is 5.91 Å². The second-order valence-corrected chi connectivity index (χ2v) is 7.14. The van der Waals surface area contributed by atoms with Gasteiger partial charge in [0.05, 0.1) is 24.3 Å². The van der Waals surface area contributed by atoms with E-state index in [4.69, 9.17) is 14.2 Å². The molecule has 2 aromatic rings. The molecule has 0 saturated carbocycles. The van der Waals surface area contributed by atoms with Gasteiger partial charge >= 0.3 is 17.9 Å². The van der Waals surface area contributed by atoms with Gasteiger partial charge in [0.1, 0.15) is 9.88 Å². The summed E-state index contributed by atoms with van der Waals surface area (Å²) in [5.41, 5.74) is 0.779. The third kappa shape index (κ3) is 5.17.